The fraction of sp³-hybridized carbons (Fsp3) is 0.556. The van der Waals surface area contributed by atoms with Crippen molar-refractivity contribution < 1.29 is 14.9 Å². The quantitative estimate of drug-likeness (QED) is 0.573. The van der Waals surface area contributed by atoms with E-state index in [-0.39, 0.29) is 17.8 Å². The van der Waals surface area contributed by atoms with Gasteiger partial charge in [-0.05, 0) is 0 Å². The zero-order chi connectivity index (χ0) is 12.7. The van der Waals surface area contributed by atoms with Crippen LogP contribution in [0.4, 0.5) is 0 Å². The third kappa shape index (κ3) is 1.60. The van der Waals surface area contributed by atoms with E-state index in [1.165, 1.54) is 10.9 Å². The number of hydrogen-bond donors (Lipinski definition) is 3. The Morgan fingerprint density at radius 2 is 2.44 bits per heavy atom. The van der Waals surface area contributed by atoms with Crippen LogP contribution in [-0.4, -0.2) is 54.0 Å². The molecule has 0 bridgehead atoms. The summed E-state index contributed by atoms with van der Waals surface area (Å²) in [5, 5.41) is 28.1. The van der Waals surface area contributed by atoms with Crippen LogP contribution in [-0.2, 0) is 4.74 Å². The summed E-state index contributed by atoms with van der Waals surface area (Å²) in [6, 6.07) is 0. The zero-order valence-corrected chi connectivity index (χ0v) is 9.22. The van der Waals surface area contributed by atoms with Crippen LogP contribution < -0.4 is 5.56 Å². The summed E-state index contributed by atoms with van der Waals surface area (Å²) in [6.07, 6.45) is -0.204. The molecule has 1 saturated heterocycles. The van der Waals surface area contributed by atoms with Crippen LogP contribution in [0.3, 0.4) is 0 Å². The van der Waals surface area contributed by atoms with Crippen LogP contribution in [0.5, 0.6) is 0 Å². The van der Waals surface area contributed by atoms with E-state index < -0.39 is 24.0 Å². The van der Waals surface area contributed by atoms with Crippen molar-refractivity contribution in [3.8, 4) is 0 Å². The minimum atomic E-state index is -0.757. The van der Waals surface area contributed by atoms with Gasteiger partial charge in [0.25, 0.3) is 5.56 Å². The average molecular weight is 253 g/mol. The second kappa shape index (κ2) is 4.12. The molecule has 3 atom stereocenters. The molecule has 1 aliphatic rings. The summed E-state index contributed by atoms with van der Waals surface area (Å²) in [5.41, 5.74) is 0.0149. The Kier molecular flexibility index (Phi) is 2.58. The first-order chi connectivity index (χ1) is 8.70. The van der Waals surface area contributed by atoms with Crippen LogP contribution in [0.15, 0.2) is 11.1 Å². The molecule has 1 fully saturated rings. The summed E-state index contributed by atoms with van der Waals surface area (Å²) in [6.45, 7) is -0.267. The minimum absolute atomic E-state index is 0.163. The number of aromatic amines is 1. The first-order valence-electron chi connectivity index (χ1n) is 5.43. The van der Waals surface area contributed by atoms with E-state index in [0.717, 1.165) is 0 Å². The molecule has 9 heteroatoms. The molecule has 0 spiro atoms. The van der Waals surface area contributed by atoms with Crippen LogP contribution in [0, 0.1) is 0 Å². The molecule has 2 aromatic rings. The van der Waals surface area contributed by atoms with Gasteiger partial charge in [0.1, 0.15) is 12.3 Å². The molecule has 0 saturated carbocycles. The highest BCUT2D eigenvalue weighted by Crippen LogP contribution is 2.29. The van der Waals surface area contributed by atoms with Gasteiger partial charge in [0.05, 0.1) is 19.0 Å². The smallest absolute Gasteiger partial charge is 0.295 e. The van der Waals surface area contributed by atoms with Gasteiger partial charge < -0.3 is 14.9 Å². The third-order valence-electron chi connectivity index (χ3n) is 2.97. The van der Waals surface area contributed by atoms with Crippen molar-refractivity contribution in [3.63, 3.8) is 0 Å². The van der Waals surface area contributed by atoms with E-state index in [1.807, 2.05) is 0 Å². The first kappa shape index (κ1) is 11.3. The Morgan fingerprint density at radius 3 is 3.17 bits per heavy atom. The van der Waals surface area contributed by atoms with Gasteiger partial charge in [0.15, 0.2) is 11.2 Å². The molecule has 0 aliphatic carbocycles. The Balaban J connectivity index is 2.01. The molecule has 0 amide bonds. The maximum atomic E-state index is 11.4. The Hall–Kier alpha value is -1.84. The number of nitrogens with zero attached hydrogens (tertiary/aromatic N) is 4. The fourth-order valence-corrected chi connectivity index (χ4v) is 2.05. The molecule has 2 aromatic heterocycles. The highest BCUT2D eigenvalue weighted by Gasteiger charge is 2.35. The monoisotopic (exact) mass is 253 g/mol. The summed E-state index contributed by atoms with van der Waals surface area (Å²) in [7, 11) is 0. The van der Waals surface area contributed by atoms with Crippen LogP contribution >= 0.6 is 0 Å². The van der Waals surface area contributed by atoms with E-state index in [9.17, 15) is 9.90 Å². The van der Waals surface area contributed by atoms with Gasteiger partial charge in [0.2, 0.25) is 0 Å². The standard InChI is InChI=1S/C9H11N5O4/c15-2-5-4(16)1-6(18-5)14-3-10-7-8(14)11-13-12-9(7)17/h3-6,15-16H,1-2H2,(H,11,12,17)/t4?,5-,6-/m1/s1. The van der Waals surface area contributed by atoms with Crippen molar-refractivity contribution in [2.24, 2.45) is 0 Å². The van der Waals surface area contributed by atoms with Crippen molar-refractivity contribution >= 4 is 11.2 Å². The number of hydrogen-bond acceptors (Lipinski definition) is 7. The lowest BCUT2D eigenvalue weighted by molar-refractivity contribution is -0.0432. The van der Waals surface area contributed by atoms with Gasteiger partial charge in [-0.3, -0.25) is 9.36 Å². The Morgan fingerprint density at radius 1 is 1.61 bits per heavy atom. The van der Waals surface area contributed by atoms with Gasteiger partial charge in [-0.15, -0.1) is 5.10 Å². The maximum absolute atomic E-state index is 11.4. The number of H-pyrrole nitrogens is 1. The lowest BCUT2D eigenvalue weighted by Gasteiger charge is -2.12. The fourth-order valence-electron chi connectivity index (χ4n) is 2.05. The highest BCUT2D eigenvalue weighted by molar-refractivity contribution is 5.68. The number of ether oxygens (including phenoxy) is 1. The first-order valence-corrected chi connectivity index (χ1v) is 5.43. The SMILES string of the molecule is O=c1[nH]nnc2c1ncn2[C@H]1CC(O)[C@@H](CO)O1. The normalized spacial score (nSPS) is 28.0. The predicted octanol–water partition coefficient (Wildman–Crippen LogP) is -1.84. The van der Waals surface area contributed by atoms with Gasteiger partial charge in [-0.25, -0.2) is 10.1 Å². The molecule has 0 radical (unpaired) electrons. The van der Waals surface area contributed by atoms with E-state index in [4.69, 9.17) is 9.84 Å². The summed E-state index contributed by atoms with van der Waals surface area (Å²) in [4.78, 5) is 15.4. The van der Waals surface area contributed by atoms with Crippen molar-refractivity contribution in [3.05, 3.63) is 16.7 Å². The number of rotatable bonds is 2. The number of aromatic nitrogens is 5. The van der Waals surface area contributed by atoms with Crippen LogP contribution in [0.1, 0.15) is 12.6 Å². The van der Waals surface area contributed by atoms with Crippen molar-refractivity contribution in [1.82, 2.24) is 25.0 Å². The number of nitrogens with one attached hydrogen (secondary N) is 1. The molecule has 3 heterocycles. The topological polar surface area (TPSA) is 126 Å². The maximum Gasteiger partial charge on any atom is 0.295 e. The van der Waals surface area contributed by atoms with Crippen molar-refractivity contribution in [1.29, 1.82) is 0 Å². The second-order valence-corrected chi connectivity index (χ2v) is 4.08. The Bertz CT molecular complexity index is 623. The third-order valence-corrected chi connectivity index (χ3v) is 2.97. The molecular formula is C9H11N5O4. The average Bonchev–Trinajstić information content (AvgIpc) is 2.93. The highest BCUT2D eigenvalue weighted by atomic mass is 16.5. The molecule has 3 rings (SSSR count). The number of fused-ring (bicyclic) bond motifs is 1. The van der Waals surface area contributed by atoms with Crippen LogP contribution in [0.2, 0.25) is 0 Å². The van der Waals surface area contributed by atoms with Gasteiger partial charge in [-0.2, -0.15) is 0 Å². The lowest BCUT2D eigenvalue weighted by atomic mass is 10.2. The molecule has 1 unspecified atom stereocenters. The Labute approximate surface area is 100 Å². The molecule has 3 N–H and O–H groups in total. The second-order valence-electron chi connectivity index (χ2n) is 4.08. The van der Waals surface area contributed by atoms with E-state index in [0.29, 0.717) is 6.42 Å². The predicted molar refractivity (Wildman–Crippen MR) is 57.6 cm³/mol. The molecular weight excluding hydrogens is 242 g/mol. The van der Waals surface area contributed by atoms with E-state index in [1.54, 1.807) is 0 Å². The lowest BCUT2D eigenvalue weighted by Crippen LogP contribution is -2.24. The summed E-state index contributed by atoms with van der Waals surface area (Å²) >= 11 is 0. The molecule has 9 nitrogen and oxygen atoms in total. The van der Waals surface area contributed by atoms with Crippen LogP contribution in [0.25, 0.3) is 11.2 Å². The number of imidazole rings is 1. The van der Waals surface area contributed by atoms with Crippen molar-refractivity contribution in [2.75, 3.05) is 6.61 Å². The largest absolute Gasteiger partial charge is 0.394 e. The van der Waals surface area contributed by atoms with E-state index in [2.05, 4.69) is 20.4 Å². The van der Waals surface area contributed by atoms with Gasteiger partial charge in [-0.1, -0.05) is 5.21 Å². The summed E-state index contributed by atoms with van der Waals surface area (Å²) < 4.78 is 6.98. The molecule has 18 heavy (non-hydrogen) atoms. The summed E-state index contributed by atoms with van der Waals surface area (Å²) in [5.74, 6) is 0. The molecule has 0 aromatic carbocycles. The minimum Gasteiger partial charge on any atom is -0.394 e. The van der Waals surface area contributed by atoms with E-state index >= 15 is 0 Å². The molecule has 96 valence electrons. The number of aliphatic hydroxyl groups is 2. The number of aliphatic hydroxyl groups excluding tert-OH is 2. The van der Waals surface area contributed by atoms with Crippen molar-refractivity contribution in [2.45, 2.75) is 24.9 Å². The zero-order valence-electron chi connectivity index (χ0n) is 9.22. The molecule has 1 aliphatic heterocycles. The van der Waals surface area contributed by atoms with Gasteiger partial charge >= 0.3 is 0 Å². The van der Waals surface area contributed by atoms with Gasteiger partial charge in [0, 0.05) is 6.42 Å².